The number of halogens is 2. The lowest BCUT2D eigenvalue weighted by Gasteiger charge is -2.34. The zero-order valence-corrected chi connectivity index (χ0v) is 15.6. The fourth-order valence-electron chi connectivity index (χ4n) is 2.84. The molecule has 1 heterocycles. The predicted molar refractivity (Wildman–Crippen MR) is 102 cm³/mol. The van der Waals surface area contributed by atoms with Gasteiger partial charge in [0.25, 0.3) is 0 Å². The zero-order chi connectivity index (χ0) is 17.1. The predicted octanol–water partition coefficient (Wildman–Crippen LogP) is 3.67. The van der Waals surface area contributed by atoms with Crippen molar-refractivity contribution in [3.63, 3.8) is 0 Å². The van der Waals surface area contributed by atoms with Gasteiger partial charge in [0.05, 0.1) is 13.2 Å². The first-order chi connectivity index (χ1) is 11.5. The summed E-state index contributed by atoms with van der Waals surface area (Å²) < 4.78 is 5.81. The van der Waals surface area contributed by atoms with Gasteiger partial charge in [-0.3, -0.25) is 4.79 Å². The van der Waals surface area contributed by atoms with Gasteiger partial charge in [-0.25, -0.2) is 0 Å². The molecule has 1 amide bonds. The number of benzene rings is 2. The Bertz CT molecular complexity index is 704. The zero-order valence-electron chi connectivity index (χ0n) is 14.0. The number of aryl methyl sites for hydroxylation is 1. The number of carbonyl (C=O) groups is 1. The van der Waals surface area contributed by atoms with Crippen molar-refractivity contribution in [3.8, 4) is 0 Å². The highest BCUT2D eigenvalue weighted by Crippen LogP contribution is 2.25. The molecule has 4 nitrogen and oxygen atoms in total. The van der Waals surface area contributed by atoms with Gasteiger partial charge in [0.1, 0.15) is 12.1 Å². The summed E-state index contributed by atoms with van der Waals surface area (Å²) in [5.74, 6) is -0.0684. The van der Waals surface area contributed by atoms with Gasteiger partial charge < -0.3 is 15.4 Å². The van der Waals surface area contributed by atoms with E-state index < -0.39 is 6.04 Å². The average molecular weight is 381 g/mol. The SMILES string of the molecule is Cc1ccc(C(N)C(=O)N2CCOC(c3ccc(Cl)cc3)C2)cc1.Cl. The van der Waals surface area contributed by atoms with Crippen LogP contribution in [0.3, 0.4) is 0 Å². The number of hydrogen-bond donors (Lipinski definition) is 1. The molecule has 3 rings (SSSR count). The van der Waals surface area contributed by atoms with Crippen molar-refractivity contribution in [2.45, 2.75) is 19.1 Å². The number of nitrogens with zero attached hydrogens (tertiary/aromatic N) is 1. The largest absolute Gasteiger partial charge is 0.370 e. The van der Waals surface area contributed by atoms with Gasteiger partial charge >= 0.3 is 0 Å². The number of nitrogens with two attached hydrogens (primary N) is 1. The minimum absolute atomic E-state index is 0. The van der Waals surface area contributed by atoms with Crippen LogP contribution in [0.4, 0.5) is 0 Å². The van der Waals surface area contributed by atoms with Crippen LogP contribution in [0.25, 0.3) is 0 Å². The highest BCUT2D eigenvalue weighted by molar-refractivity contribution is 6.30. The highest BCUT2D eigenvalue weighted by Gasteiger charge is 2.29. The van der Waals surface area contributed by atoms with E-state index in [0.29, 0.717) is 24.7 Å². The first-order valence-electron chi connectivity index (χ1n) is 8.02. The Kier molecular flexibility index (Phi) is 6.85. The van der Waals surface area contributed by atoms with Crippen LogP contribution < -0.4 is 5.73 Å². The van der Waals surface area contributed by atoms with Crippen LogP contribution in [0.1, 0.15) is 28.8 Å². The molecule has 2 unspecified atom stereocenters. The second-order valence-electron chi connectivity index (χ2n) is 6.08. The van der Waals surface area contributed by atoms with Crippen LogP contribution in [-0.2, 0) is 9.53 Å². The van der Waals surface area contributed by atoms with Gasteiger partial charge in [-0.05, 0) is 30.2 Å². The summed E-state index contributed by atoms with van der Waals surface area (Å²) in [6.07, 6.45) is -0.148. The van der Waals surface area contributed by atoms with Gasteiger partial charge in [0.15, 0.2) is 0 Å². The Hall–Kier alpha value is -1.59. The summed E-state index contributed by atoms with van der Waals surface area (Å²) in [6.45, 7) is 3.57. The Morgan fingerprint density at radius 3 is 2.48 bits per heavy atom. The summed E-state index contributed by atoms with van der Waals surface area (Å²) in [6, 6.07) is 14.6. The molecule has 2 aromatic carbocycles. The first kappa shape index (κ1) is 19.7. The van der Waals surface area contributed by atoms with Crippen molar-refractivity contribution in [1.82, 2.24) is 4.90 Å². The third kappa shape index (κ3) is 4.73. The van der Waals surface area contributed by atoms with Crippen molar-refractivity contribution in [3.05, 3.63) is 70.2 Å². The molecule has 0 saturated carbocycles. The molecule has 0 aromatic heterocycles. The normalized spacial score (nSPS) is 18.4. The summed E-state index contributed by atoms with van der Waals surface area (Å²) >= 11 is 5.93. The van der Waals surface area contributed by atoms with E-state index in [2.05, 4.69) is 0 Å². The van der Waals surface area contributed by atoms with Crippen molar-refractivity contribution in [2.24, 2.45) is 5.73 Å². The quantitative estimate of drug-likeness (QED) is 0.883. The van der Waals surface area contributed by atoms with Gasteiger partial charge in [-0.1, -0.05) is 53.6 Å². The average Bonchev–Trinajstić information content (AvgIpc) is 2.62. The molecule has 2 aromatic rings. The molecule has 25 heavy (non-hydrogen) atoms. The molecule has 0 aliphatic carbocycles. The third-order valence-corrected chi connectivity index (χ3v) is 4.57. The summed E-state index contributed by atoms with van der Waals surface area (Å²) in [5.41, 5.74) is 9.17. The van der Waals surface area contributed by atoms with E-state index in [1.165, 1.54) is 0 Å². The Morgan fingerprint density at radius 2 is 1.84 bits per heavy atom. The molecular formula is C19H22Cl2N2O2. The maximum absolute atomic E-state index is 12.7. The second kappa shape index (κ2) is 8.68. The number of morpholine rings is 1. The smallest absolute Gasteiger partial charge is 0.244 e. The van der Waals surface area contributed by atoms with Gasteiger partial charge in [0.2, 0.25) is 5.91 Å². The number of ether oxygens (including phenoxy) is 1. The monoisotopic (exact) mass is 380 g/mol. The lowest BCUT2D eigenvalue weighted by Crippen LogP contribution is -2.46. The second-order valence-corrected chi connectivity index (χ2v) is 6.52. The van der Waals surface area contributed by atoms with Crippen LogP contribution in [0.2, 0.25) is 5.02 Å². The molecule has 0 spiro atoms. The van der Waals surface area contributed by atoms with Crippen LogP contribution in [0.5, 0.6) is 0 Å². The maximum atomic E-state index is 12.7. The van der Waals surface area contributed by atoms with Crippen LogP contribution >= 0.6 is 24.0 Å². The van der Waals surface area contributed by atoms with Crippen LogP contribution in [0, 0.1) is 6.92 Å². The lowest BCUT2D eigenvalue weighted by molar-refractivity contribution is -0.140. The van der Waals surface area contributed by atoms with E-state index >= 15 is 0 Å². The molecule has 1 aliphatic heterocycles. The molecule has 134 valence electrons. The molecule has 1 aliphatic rings. The van der Waals surface area contributed by atoms with E-state index in [0.717, 1.165) is 16.7 Å². The Morgan fingerprint density at radius 1 is 1.20 bits per heavy atom. The summed E-state index contributed by atoms with van der Waals surface area (Å²) in [4.78, 5) is 14.5. The van der Waals surface area contributed by atoms with Crippen LogP contribution in [-0.4, -0.2) is 30.5 Å². The molecule has 0 bridgehead atoms. The van der Waals surface area contributed by atoms with Crippen molar-refractivity contribution in [2.75, 3.05) is 19.7 Å². The fraction of sp³-hybridized carbons (Fsp3) is 0.316. The summed E-state index contributed by atoms with van der Waals surface area (Å²) in [7, 11) is 0. The topological polar surface area (TPSA) is 55.6 Å². The van der Waals surface area contributed by atoms with Gasteiger partial charge in [0, 0.05) is 11.6 Å². The van der Waals surface area contributed by atoms with Crippen molar-refractivity contribution >= 4 is 29.9 Å². The highest BCUT2D eigenvalue weighted by atomic mass is 35.5. The minimum atomic E-state index is -0.644. The molecule has 1 fully saturated rings. The Balaban J connectivity index is 0.00000225. The Labute approximate surface area is 159 Å². The number of hydrogen-bond acceptors (Lipinski definition) is 3. The van der Waals surface area contributed by atoms with Crippen molar-refractivity contribution < 1.29 is 9.53 Å². The van der Waals surface area contributed by atoms with E-state index in [1.54, 1.807) is 4.90 Å². The fourth-order valence-corrected chi connectivity index (χ4v) is 2.97. The van der Waals surface area contributed by atoms with E-state index in [1.807, 2.05) is 55.5 Å². The minimum Gasteiger partial charge on any atom is -0.370 e. The molecule has 1 saturated heterocycles. The molecule has 2 atom stereocenters. The van der Waals surface area contributed by atoms with E-state index in [4.69, 9.17) is 22.1 Å². The van der Waals surface area contributed by atoms with Crippen LogP contribution in [0.15, 0.2) is 48.5 Å². The molecule has 0 radical (unpaired) electrons. The molecular weight excluding hydrogens is 359 g/mol. The van der Waals surface area contributed by atoms with Gasteiger partial charge in [-0.2, -0.15) is 0 Å². The number of carbonyl (C=O) groups excluding carboxylic acids is 1. The molecule has 2 N–H and O–H groups in total. The lowest BCUT2D eigenvalue weighted by atomic mass is 10.0. The van der Waals surface area contributed by atoms with E-state index in [9.17, 15) is 4.79 Å². The molecule has 6 heteroatoms. The van der Waals surface area contributed by atoms with E-state index in [-0.39, 0.29) is 24.4 Å². The standard InChI is InChI=1S/C19H21ClN2O2.ClH/c1-13-2-4-15(5-3-13)18(21)19(23)22-10-11-24-17(12-22)14-6-8-16(20)9-7-14;/h2-9,17-18H,10-12,21H2,1H3;1H. The third-order valence-electron chi connectivity index (χ3n) is 4.32. The maximum Gasteiger partial charge on any atom is 0.244 e. The first-order valence-corrected chi connectivity index (χ1v) is 8.40. The van der Waals surface area contributed by atoms with Crippen molar-refractivity contribution in [1.29, 1.82) is 0 Å². The number of amides is 1. The van der Waals surface area contributed by atoms with Gasteiger partial charge in [-0.15, -0.1) is 12.4 Å². The number of rotatable bonds is 3. The summed E-state index contributed by atoms with van der Waals surface area (Å²) in [5, 5.41) is 0.684.